The highest BCUT2D eigenvalue weighted by atomic mass is 16.6. The smallest absolute Gasteiger partial charge is 0.405 e. The van der Waals surface area contributed by atoms with Crippen molar-refractivity contribution in [1.82, 2.24) is 0 Å². The van der Waals surface area contributed by atoms with Crippen molar-refractivity contribution in [3.63, 3.8) is 0 Å². The van der Waals surface area contributed by atoms with Crippen molar-refractivity contribution < 1.29 is 28.9 Å². The maximum absolute atomic E-state index is 12.8. The number of methoxy groups -OCH3 is 2. The average molecular weight is 517 g/mol. The largest absolute Gasteiger partial charge is 0.505 e. The van der Waals surface area contributed by atoms with Gasteiger partial charge >= 0.3 is 6.09 Å². The Labute approximate surface area is 221 Å². The van der Waals surface area contributed by atoms with E-state index < -0.39 is 18.3 Å². The molecule has 4 N–H and O–H groups in total. The van der Waals surface area contributed by atoms with Gasteiger partial charge in [-0.1, -0.05) is 45.1 Å². The standard InChI is InChI=1S/C29H44N2O6/c1-17-14-22-11-9-12-23(26(22)32)31-28(33)18(2)10-8-13-24(35-6)27(37-29(30)34)20(4)16-19(3)21(5)25(15-17)36-7/h9-12,16-17,19,21,24-25,27,32H,8,13-15H2,1-7H3,(H2,30,34)(H,31,33)/b18-10+,20-16+/t17-,19+,21-,24+,25+,27+/m1/s1. The zero-order chi connectivity index (χ0) is 27.7. The highest BCUT2D eigenvalue weighted by Gasteiger charge is 2.29. The molecule has 8 nitrogen and oxygen atoms in total. The summed E-state index contributed by atoms with van der Waals surface area (Å²) in [5.41, 5.74) is 7.93. The summed E-state index contributed by atoms with van der Waals surface area (Å²) in [7, 11) is 3.29. The van der Waals surface area contributed by atoms with Gasteiger partial charge in [-0.25, -0.2) is 4.79 Å². The molecule has 2 rings (SSSR count). The number of phenols is 1. The number of amides is 2. The fraction of sp³-hybridized carbons (Fsp3) is 0.586. The molecule has 6 atom stereocenters. The maximum atomic E-state index is 12.8. The predicted molar refractivity (Wildman–Crippen MR) is 145 cm³/mol. The minimum atomic E-state index is -0.866. The number of allylic oxidation sites excluding steroid dienone is 2. The van der Waals surface area contributed by atoms with Crippen molar-refractivity contribution >= 4 is 17.7 Å². The summed E-state index contributed by atoms with van der Waals surface area (Å²) in [6.45, 7) is 10.0. The van der Waals surface area contributed by atoms with Gasteiger partial charge in [0.1, 0.15) is 5.75 Å². The molecule has 1 aromatic rings. The van der Waals surface area contributed by atoms with Crippen molar-refractivity contribution in [2.45, 2.75) is 78.6 Å². The molecule has 1 aliphatic rings. The molecule has 0 saturated carbocycles. The molecule has 1 heterocycles. The molecule has 206 valence electrons. The summed E-state index contributed by atoms with van der Waals surface area (Å²) in [6, 6.07) is 5.42. The molecule has 37 heavy (non-hydrogen) atoms. The van der Waals surface area contributed by atoms with Crippen LogP contribution in [0.25, 0.3) is 0 Å². The number of hydrogen-bond donors (Lipinski definition) is 3. The summed E-state index contributed by atoms with van der Waals surface area (Å²) >= 11 is 0. The molecular formula is C29H44N2O6. The lowest BCUT2D eigenvalue weighted by molar-refractivity contribution is -0.112. The first-order valence-electron chi connectivity index (χ1n) is 13.0. The molecule has 1 aliphatic heterocycles. The molecule has 8 heteroatoms. The number of phenolic OH excluding ortho intramolecular Hbond substituents is 1. The fourth-order valence-electron chi connectivity index (χ4n) is 5.00. The monoisotopic (exact) mass is 516 g/mol. The Morgan fingerprint density at radius 3 is 2.41 bits per heavy atom. The molecule has 0 fully saturated rings. The minimum absolute atomic E-state index is 0.0262. The molecular weight excluding hydrogens is 472 g/mol. The van der Waals surface area contributed by atoms with Crippen LogP contribution in [0.1, 0.15) is 59.4 Å². The molecule has 0 spiro atoms. The summed E-state index contributed by atoms with van der Waals surface area (Å²) in [5, 5.41) is 13.7. The molecule has 2 bridgehead atoms. The summed E-state index contributed by atoms with van der Waals surface area (Å²) < 4.78 is 17.1. The highest BCUT2D eigenvalue weighted by Crippen LogP contribution is 2.33. The molecule has 0 aromatic heterocycles. The number of para-hydroxylation sites is 1. The number of primary amides is 1. The number of aromatic hydroxyl groups is 1. The number of carbonyl (C=O) groups is 2. The van der Waals surface area contributed by atoms with E-state index >= 15 is 0 Å². The lowest BCUT2D eigenvalue weighted by Crippen LogP contribution is -2.36. The Bertz CT molecular complexity index is 989. The number of anilines is 1. The van der Waals surface area contributed by atoms with Crippen molar-refractivity contribution in [2.75, 3.05) is 19.5 Å². The maximum Gasteiger partial charge on any atom is 0.405 e. The number of fused-ring (bicyclic) bond motifs is 2. The first kappa shape index (κ1) is 30.4. The normalized spacial score (nSPS) is 31.4. The summed E-state index contributed by atoms with van der Waals surface area (Å²) in [6.07, 6.45) is 4.37. The van der Waals surface area contributed by atoms with Crippen molar-refractivity contribution in [3.8, 4) is 5.75 Å². The van der Waals surface area contributed by atoms with Gasteiger partial charge in [-0.3, -0.25) is 4.79 Å². The lowest BCUT2D eigenvalue weighted by atomic mass is 9.83. The molecule has 0 radical (unpaired) electrons. The van der Waals surface area contributed by atoms with Gasteiger partial charge in [-0.05, 0) is 74.5 Å². The quantitative estimate of drug-likeness (QED) is 0.368. The number of rotatable bonds is 3. The van der Waals surface area contributed by atoms with Crippen LogP contribution >= 0.6 is 0 Å². The number of hydrogen-bond acceptors (Lipinski definition) is 6. The van der Waals surface area contributed by atoms with Crippen LogP contribution in [0.3, 0.4) is 0 Å². The van der Waals surface area contributed by atoms with E-state index in [1.165, 1.54) is 0 Å². The zero-order valence-corrected chi connectivity index (χ0v) is 23.2. The SMILES string of the molecule is CO[C@H]1C[C@H](C)Cc2cccc(c2O)NC(=O)/C(C)=C/CC[C@H](OC)[C@@H](OC(N)=O)/C(C)=C/[C@H](C)[C@H]1C. The molecule has 0 unspecified atom stereocenters. The van der Waals surface area contributed by atoms with Crippen LogP contribution in [-0.4, -0.2) is 49.6 Å². The van der Waals surface area contributed by atoms with Gasteiger partial charge in [0.2, 0.25) is 0 Å². The van der Waals surface area contributed by atoms with Crippen LogP contribution in [0, 0.1) is 17.8 Å². The zero-order valence-electron chi connectivity index (χ0n) is 23.2. The Kier molecular flexibility index (Phi) is 11.7. The van der Waals surface area contributed by atoms with Gasteiger partial charge in [-0.15, -0.1) is 0 Å². The first-order valence-corrected chi connectivity index (χ1v) is 13.0. The fourth-order valence-corrected chi connectivity index (χ4v) is 5.00. The van der Waals surface area contributed by atoms with Gasteiger partial charge in [-0.2, -0.15) is 0 Å². The number of carbonyl (C=O) groups excluding carboxylic acids is 2. The Hall–Kier alpha value is -2.84. The van der Waals surface area contributed by atoms with E-state index in [2.05, 4.69) is 32.2 Å². The topological polar surface area (TPSA) is 120 Å². The lowest BCUT2D eigenvalue weighted by Gasteiger charge is -2.31. The number of nitrogens with two attached hydrogens (primary N) is 1. The van der Waals surface area contributed by atoms with Crippen LogP contribution in [0.15, 0.2) is 41.5 Å². The second-order valence-corrected chi connectivity index (χ2v) is 10.3. The minimum Gasteiger partial charge on any atom is -0.505 e. The summed E-state index contributed by atoms with van der Waals surface area (Å²) in [4.78, 5) is 24.5. The van der Waals surface area contributed by atoms with Crippen LogP contribution in [0.4, 0.5) is 10.5 Å². The second-order valence-electron chi connectivity index (χ2n) is 10.3. The van der Waals surface area contributed by atoms with E-state index in [1.54, 1.807) is 27.2 Å². The van der Waals surface area contributed by atoms with Crippen molar-refractivity contribution in [1.29, 1.82) is 0 Å². The van der Waals surface area contributed by atoms with Gasteiger partial charge in [0.15, 0.2) is 6.10 Å². The van der Waals surface area contributed by atoms with E-state index in [0.29, 0.717) is 30.5 Å². The van der Waals surface area contributed by atoms with Crippen molar-refractivity contribution in [2.24, 2.45) is 23.5 Å². The molecule has 1 aromatic carbocycles. The second kappa shape index (κ2) is 14.2. The Morgan fingerprint density at radius 2 is 1.78 bits per heavy atom. The van der Waals surface area contributed by atoms with Crippen LogP contribution in [0.2, 0.25) is 0 Å². The van der Waals surface area contributed by atoms with Crippen molar-refractivity contribution in [3.05, 3.63) is 47.1 Å². The number of nitrogens with one attached hydrogen (secondary N) is 1. The summed E-state index contributed by atoms with van der Waals surface area (Å²) in [5.74, 6) is 0.304. The predicted octanol–water partition coefficient (Wildman–Crippen LogP) is 5.35. The van der Waals surface area contributed by atoms with E-state index in [4.69, 9.17) is 19.9 Å². The average Bonchev–Trinajstić information content (AvgIpc) is 2.85. The van der Waals surface area contributed by atoms with Gasteiger partial charge in [0, 0.05) is 19.8 Å². The van der Waals surface area contributed by atoms with E-state index in [0.717, 1.165) is 17.6 Å². The highest BCUT2D eigenvalue weighted by molar-refractivity contribution is 6.04. The number of benzene rings is 1. The Morgan fingerprint density at radius 1 is 1.11 bits per heavy atom. The molecule has 0 aliphatic carbocycles. The third kappa shape index (κ3) is 8.61. The molecule has 2 amide bonds. The van der Waals surface area contributed by atoms with Gasteiger partial charge in [0.25, 0.3) is 5.91 Å². The third-order valence-corrected chi connectivity index (χ3v) is 7.41. The van der Waals surface area contributed by atoms with E-state index in [1.807, 2.05) is 25.1 Å². The van der Waals surface area contributed by atoms with E-state index in [-0.39, 0.29) is 35.5 Å². The van der Waals surface area contributed by atoms with Crippen LogP contribution < -0.4 is 11.1 Å². The Balaban J connectivity index is 2.48. The van der Waals surface area contributed by atoms with E-state index in [9.17, 15) is 14.7 Å². The molecule has 0 saturated heterocycles. The first-order chi connectivity index (χ1) is 17.5. The van der Waals surface area contributed by atoms with Crippen LogP contribution in [-0.2, 0) is 25.4 Å². The van der Waals surface area contributed by atoms with Gasteiger partial charge in [0.05, 0.1) is 17.9 Å². The van der Waals surface area contributed by atoms with Crippen LogP contribution in [0.5, 0.6) is 5.75 Å². The number of ether oxygens (including phenoxy) is 3. The van der Waals surface area contributed by atoms with Gasteiger partial charge < -0.3 is 30.4 Å². The third-order valence-electron chi connectivity index (χ3n) is 7.41.